The lowest BCUT2D eigenvalue weighted by Gasteiger charge is -2.12. The van der Waals surface area contributed by atoms with Crippen LogP contribution in [0.25, 0.3) is 6.08 Å². The first-order valence-electron chi connectivity index (χ1n) is 7.67. The van der Waals surface area contributed by atoms with E-state index >= 15 is 0 Å². The summed E-state index contributed by atoms with van der Waals surface area (Å²) in [6.45, 7) is 1.99. The van der Waals surface area contributed by atoms with E-state index in [1.165, 1.54) is 6.08 Å². The first kappa shape index (κ1) is 18.5. The van der Waals surface area contributed by atoms with Crippen LogP contribution >= 0.6 is 11.8 Å². The molecule has 130 valence electrons. The number of para-hydroxylation sites is 1. The number of imide groups is 1. The molecule has 0 radical (unpaired) electrons. The second-order valence-corrected chi connectivity index (χ2v) is 6.10. The lowest BCUT2D eigenvalue weighted by Crippen LogP contribution is -2.39. The van der Waals surface area contributed by atoms with E-state index in [9.17, 15) is 14.4 Å². The van der Waals surface area contributed by atoms with E-state index < -0.39 is 11.1 Å². The van der Waals surface area contributed by atoms with Crippen LogP contribution in [0.5, 0.6) is 5.75 Å². The van der Waals surface area contributed by atoms with Crippen LogP contribution in [0.15, 0.2) is 29.2 Å². The minimum atomic E-state index is -0.517. The fourth-order valence-corrected chi connectivity index (χ4v) is 2.91. The summed E-state index contributed by atoms with van der Waals surface area (Å²) in [4.78, 5) is 37.3. The van der Waals surface area contributed by atoms with E-state index in [1.807, 2.05) is 13.0 Å². The van der Waals surface area contributed by atoms with Gasteiger partial charge in [0.1, 0.15) is 18.4 Å². The standard InChI is InChI=1S/C17H17N3O4S/c1-2-8-19-15(21)11-20-16(22)14(25-17(20)23)10-12-5-3-4-6-13(12)24-9-7-18/h3-6,10H,2,8-9,11H2,1H3,(H,19,21)/b14-10-. The third kappa shape index (κ3) is 4.84. The smallest absolute Gasteiger partial charge is 0.294 e. The maximum absolute atomic E-state index is 12.4. The normalized spacial score (nSPS) is 15.4. The highest BCUT2D eigenvalue weighted by molar-refractivity contribution is 8.18. The Labute approximate surface area is 149 Å². The Balaban J connectivity index is 2.15. The van der Waals surface area contributed by atoms with E-state index in [4.69, 9.17) is 10.00 Å². The van der Waals surface area contributed by atoms with Gasteiger partial charge in [0.25, 0.3) is 11.1 Å². The Hall–Kier alpha value is -2.79. The van der Waals surface area contributed by atoms with Gasteiger partial charge in [-0.3, -0.25) is 19.3 Å². The van der Waals surface area contributed by atoms with Crippen molar-refractivity contribution in [2.45, 2.75) is 13.3 Å². The number of hydrogen-bond acceptors (Lipinski definition) is 6. The topological polar surface area (TPSA) is 99.5 Å². The van der Waals surface area contributed by atoms with Gasteiger partial charge in [0, 0.05) is 12.1 Å². The maximum atomic E-state index is 12.4. The van der Waals surface area contributed by atoms with Gasteiger partial charge in [0.05, 0.1) is 4.91 Å². The molecule has 8 heteroatoms. The number of amides is 3. The van der Waals surface area contributed by atoms with Crippen molar-refractivity contribution in [2.75, 3.05) is 19.7 Å². The summed E-state index contributed by atoms with van der Waals surface area (Å²) in [5.41, 5.74) is 0.582. The van der Waals surface area contributed by atoms with Gasteiger partial charge >= 0.3 is 0 Å². The average molecular weight is 359 g/mol. The van der Waals surface area contributed by atoms with Gasteiger partial charge in [-0.2, -0.15) is 5.26 Å². The number of nitrogens with zero attached hydrogens (tertiary/aromatic N) is 2. The third-order valence-corrected chi connectivity index (χ3v) is 4.15. The quantitative estimate of drug-likeness (QED) is 0.749. The number of nitrogens with one attached hydrogen (secondary N) is 1. The van der Waals surface area contributed by atoms with Gasteiger partial charge in [0.2, 0.25) is 5.91 Å². The molecular weight excluding hydrogens is 342 g/mol. The molecule has 0 saturated carbocycles. The Bertz CT molecular complexity index is 755. The lowest BCUT2D eigenvalue weighted by atomic mass is 10.2. The monoisotopic (exact) mass is 359 g/mol. The Morgan fingerprint density at radius 3 is 2.88 bits per heavy atom. The molecule has 0 spiro atoms. The van der Waals surface area contributed by atoms with E-state index in [0.717, 1.165) is 23.1 Å². The van der Waals surface area contributed by atoms with Crippen molar-refractivity contribution in [3.05, 3.63) is 34.7 Å². The number of ether oxygens (including phenoxy) is 1. The second kappa shape index (κ2) is 8.89. The average Bonchev–Trinajstić information content (AvgIpc) is 2.86. The lowest BCUT2D eigenvalue weighted by molar-refractivity contribution is -0.129. The molecule has 1 heterocycles. The molecule has 1 aliphatic rings. The number of carbonyl (C=O) groups excluding carboxylic acids is 3. The molecule has 1 aromatic rings. The van der Waals surface area contributed by atoms with Crippen LogP contribution in [-0.4, -0.2) is 41.6 Å². The maximum Gasteiger partial charge on any atom is 0.294 e. The highest BCUT2D eigenvalue weighted by atomic mass is 32.2. The molecule has 0 aliphatic carbocycles. The minimum Gasteiger partial charge on any atom is -0.478 e. The van der Waals surface area contributed by atoms with Crippen LogP contribution < -0.4 is 10.1 Å². The summed E-state index contributed by atoms with van der Waals surface area (Å²) >= 11 is 0.773. The first-order valence-corrected chi connectivity index (χ1v) is 8.49. The minimum absolute atomic E-state index is 0.121. The molecule has 0 atom stereocenters. The molecule has 0 unspecified atom stereocenters. The Morgan fingerprint density at radius 2 is 2.16 bits per heavy atom. The van der Waals surface area contributed by atoms with E-state index in [0.29, 0.717) is 17.9 Å². The van der Waals surface area contributed by atoms with E-state index in [1.54, 1.807) is 24.3 Å². The molecule has 1 aliphatic heterocycles. The molecule has 1 saturated heterocycles. The zero-order chi connectivity index (χ0) is 18.2. The number of nitriles is 1. The van der Waals surface area contributed by atoms with Gasteiger partial charge < -0.3 is 10.1 Å². The molecule has 3 amide bonds. The van der Waals surface area contributed by atoms with Crippen LogP contribution in [0.1, 0.15) is 18.9 Å². The summed E-state index contributed by atoms with van der Waals surface area (Å²) in [6, 6.07) is 8.77. The highest BCUT2D eigenvalue weighted by Gasteiger charge is 2.36. The third-order valence-electron chi connectivity index (χ3n) is 3.25. The number of carbonyl (C=O) groups is 3. The first-order chi connectivity index (χ1) is 12.1. The molecule has 2 rings (SSSR count). The molecule has 0 bridgehead atoms. The number of thioether (sulfide) groups is 1. The van der Waals surface area contributed by atoms with Crippen molar-refractivity contribution < 1.29 is 19.1 Å². The van der Waals surface area contributed by atoms with Crippen LogP contribution in [0.2, 0.25) is 0 Å². The Kier molecular flexibility index (Phi) is 6.60. The van der Waals surface area contributed by atoms with E-state index in [2.05, 4.69) is 5.32 Å². The van der Waals surface area contributed by atoms with Crippen molar-refractivity contribution >= 4 is 34.9 Å². The molecule has 0 aromatic heterocycles. The zero-order valence-electron chi connectivity index (χ0n) is 13.7. The Morgan fingerprint density at radius 1 is 1.40 bits per heavy atom. The number of benzene rings is 1. The molecule has 1 aromatic carbocycles. The summed E-state index contributed by atoms with van der Waals surface area (Å²) in [5, 5.41) is 10.8. The van der Waals surface area contributed by atoms with E-state index in [-0.39, 0.29) is 24.0 Å². The van der Waals surface area contributed by atoms with Crippen molar-refractivity contribution in [3.8, 4) is 11.8 Å². The summed E-state index contributed by atoms with van der Waals surface area (Å²) in [6.07, 6.45) is 2.30. The van der Waals surface area contributed by atoms with Crippen molar-refractivity contribution in [1.82, 2.24) is 10.2 Å². The van der Waals surface area contributed by atoms with Crippen LogP contribution in [0, 0.1) is 11.3 Å². The van der Waals surface area contributed by atoms with Crippen molar-refractivity contribution in [3.63, 3.8) is 0 Å². The zero-order valence-corrected chi connectivity index (χ0v) is 14.5. The van der Waals surface area contributed by atoms with Crippen LogP contribution in [-0.2, 0) is 9.59 Å². The molecule has 1 fully saturated rings. The van der Waals surface area contributed by atoms with Crippen molar-refractivity contribution in [1.29, 1.82) is 5.26 Å². The van der Waals surface area contributed by atoms with Gasteiger partial charge in [-0.25, -0.2) is 0 Å². The van der Waals surface area contributed by atoms with Crippen LogP contribution in [0.3, 0.4) is 0 Å². The number of hydrogen-bond donors (Lipinski definition) is 1. The predicted octanol–water partition coefficient (Wildman–Crippen LogP) is 2.15. The van der Waals surface area contributed by atoms with Crippen molar-refractivity contribution in [2.24, 2.45) is 0 Å². The molecule has 1 N–H and O–H groups in total. The SMILES string of the molecule is CCCNC(=O)CN1C(=O)S/C(=C\c2ccccc2OCC#N)C1=O. The molecule has 25 heavy (non-hydrogen) atoms. The van der Waals surface area contributed by atoms with Gasteiger partial charge in [-0.15, -0.1) is 0 Å². The number of rotatable bonds is 7. The summed E-state index contributed by atoms with van der Waals surface area (Å²) in [5.74, 6) is -0.448. The van der Waals surface area contributed by atoms with Gasteiger partial charge in [-0.05, 0) is 30.3 Å². The fraction of sp³-hybridized carbons (Fsp3) is 0.294. The summed E-state index contributed by atoms with van der Waals surface area (Å²) in [7, 11) is 0. The largest absolute Gasteiger partial charge is 0.478 e. The van der Waals surface area contributed by atoms with Gasteiger partial charge in [0.15, 0.2) is 6.61 Å². The predicted molar refractivity (Wildman–Crippen MR) is 93.5 cm³/mol. The van der Waals surface area contributed by atoms with Gasteiger partial charge in [-0.1, -0.05) is 25.1 Å². The van der Waals surface area contributed by atoms with Crippen LogP contribution in [0.4, 0.5) is 4.79 Å². The summed E-state index contributed by atoms with van der Waals surface area (Å²) < 4.78 is 5.31. The molecule has 7 nitrogen and oxygen atoms in total. The molecular formula is C17H17N3O4S. The highest BCUT2D eigenvalue weighted by Crippen LogP contribution is 2.33. The fourth-order valence-electron chi connectivity index (χ4n) is 2.08. The second-order valence-electron chi connectivity index (χ2n) is 5.10.